The molecule has 0 amide bonds. The summed E-state index contributed by atoms with van der Waals surface area (Å²) in [5.74, 6) is 0.798. The molecule has 0 bridgehead atoms. The quantitative estimate of drug-likeness (QED) is 0.742. The summed E-state index contributed by atoms with van der Waals surface area (Å²) in [5.41, 5.74) is 6.66. The van der Waals surface area contributed by atoms with E-state index in [1.807, 2.05) is 6.07 Å². The molecule has 0 aliphatic rings. The van der Waals surface area contributed by atoms with E-state index < -0.39 is 0 Å². The van der Waals surface area contributed by atoms with Gasteiger partial charge in [-0.3, -0.25) is 0 Å². The lowest BCUT2D eigenvalue weighted by molar-refractivity contribution is 0.191. The Bertz CT molecular complexity index is 363. The van der Waals surface area contributed by atoms with E-state index in [0.717, 1.165) is 36.4 Å². The van der Waals surface area contributed by atoms with Crippen LogP contribution in [0.2, 0.25) is 0 Å². The van der Waals surface area contributed by atoms with Crippen LogP contribution in [-0.4, -0.2) is 45.5 Å². The molecule has 1 rings (SSSR count). The molecule has 5 nitrogen and oxygen atoms in total. The Morgan fingerprint density at radius 2 is 2.00 bits per heavy atom. The minimum atomic E-state index is 0.643. The lowest BCUT2D eigenvalue weighted by Gasteiger charge is -2.24. The summed E-state index contributed by atoms with van der Waals surface area (Å²) >= 11 is 3.36. The highest BCUT2D eigenvalue weighted by molar-refractivity contribution is 9.10. The maximum Gasteiger partial charge on any atom is 0.151 e. The van der Waals surface area contributed by atoms with Gasteiger partial charge in [0, 0.05) is 44.6 Å². The van der Waals surface area contributed by atoms with Crippen molar-refractivity contribution < 1.29 is 9.47 Å². The fourth-order valence-electron chi connectivity index (χ4n) is 1.64. The molecule has 0 atom stereocenters. The Morgan fingerprint density at radius 1 is 1.28 bits per heavy atom. The molecule has 0 unspecified atom stereocenters. The Labute approximate surface area is 116 Å². The second kappa shape index (κ2) is 8.29. The molecule has 0 saturated heterocycles. The molecule has 0 aromatic carbocycles. The molecule has 0 spiro atoms. The second-order valence-corrected chi connectivity index (χ2v) is 4.81. The van der Waals surface area contributed by atoms with Gasteiger partial charge in [0.25, 0.3) is 0 Å². The van der Waals surface area contributed by atoms with E-state index in [1.165, 1.54) is 0 Å². The van der Waals surface area contributed by atoms with Crippen molar-refractivity contribution in [3.63, 3.8) is 0 Å². The first-order valence-electron chi connectivity index (χ1n) is 5.83. The third-order valence-corrected chi connectivity index (χ3v) is 2.94. The third-order valence-electron chi connectivity index (χ3n) is 2.50. The number of methoxy groups -OCH3 is 2. The van der Waals surface area contributed by atoms with Gasteiger partial charge in [-0.15, -0.1) is 0 Å². The number of rotatable bonds is 8. The van der Waals surface area contributed by atoms with Gasteiger partial charge in [0.15, 0.2) is 5.82 Å². The zero-order chi connectivity index (χ0) is 13.4. The molecule has 0 aliphatic carbocycles. The highest BCUT2D eigenvalue weighted by Crippen LogP contribution is 2.23. The van der Waals surface area contributed by atoms with Crippen molar-refractivity contribution in [2.75, 3.05) is 51.2 Å². The van der Waals surface area contributed by atoms with Crippen LogP contribution in [0, 0.1) is 0 Å². The number of anilines is 2. The van der Waals surface area contributed by atoms with E-state index in [9.17, 15) is 0 Å². The van der Waals surface area contributed by atoms with Gasteiger partial charge in [0.05, 0.1) is 12.3 Å². The molecule has 1 aromatic rings. The van der Waals surface area contributed by atoms with Gasteiger partial charge in [0.1, 0.15) is 0 Å². The summed E-state index contributed by atoms with van der Waals surface area (Å²) in [6, 6.07) is 1.86. The number of hydrogen-bond donors (Lipinski definition) is 1. The number of halogens is 1. The number of pyridine rings is 1. The minimum Gasteiger partial charge on any atom is -0.396 e. The first-order valence-corrected chi connectivity index (χ1v) is 6.62. The van der Waals surface area contributed by atoms with E-state index in [2.05, 4.69) is 25.8 Å². The summed E-state index contributed by atoms with van der Waals surface area (Å²) in [7, 11) is 3.39. The number of aromatic nitrogens is 1. The smallest absolute Gasteiger partial charge is 0.151 e. The van der Waals surface area contributed by atoms with E-state index >= 15 is 0 Å². The monoisotopic (exact) mass is 317 g/mol. The summed E-state index contributed by atoms with van der Waals surface area (Å²) < 4.78 is 11.1. The lowest BCUT2D eigenvalue weighted by Crippen LogP contribution is -2.30. The second-order valence-electron chi connectivity index (χ2n) is 3.89. The van der Waals surface area contributed by atoms with E-state index in [-0.39, 0.29) is 0 Å². The average molecular weight is 318 g/mol. The van der Waals surface area contributed by atoms with Gasteiger partial charge >= 0.3 is 0 Å². The van der Waals surface area contributed by atoms with Crippen molar-refractivity contribution in [2.24, 2.45) is 0 Å². The molecular formula is C12H20BrN3O2. The molecule has 6 heteroatoms. The summed E-state index contributed by atoms with van der Waals surface area (Å²) in [4.78, 5) is 6.48. The number of nitrogens with zero attached hydrogens (tertiary/aromatic N) is 2. The van der Waals surface area contributed by atoms with Crippen LogP contribution in [0.3, 0.4) is 0 Å². The molecule has 0 fully saturated rings. The van der Waals surface area contributed by atoms with Gasteiger partial charge in [-0.2, -0.15) is 0 Å². The number of ether oxygens (including phenoxy) is 2. The lowest BCUT2D eigenvalue weighted by atomic mass is 10.3. The fraction of sp³-hybridized carbons (Fsp3) is 0.583. The highest BCUT2D eigenvalue weighted by atomic mass is 79.9. The SMILES string of the molecule is COCCCN(CCOC)c1ncc(Br)cc1N. The number of hydrogen-bond acceptors (Lipinski definition) is 5. The predicted octanol–water partition coefficient (Wildman–Crippen LogP) is 1.92. The van der Waals surface area contributed by atoms with E-state index in [0.29, 0.717) is 12.3 Å². The molecule has 102 valence electrons. The Balaban J connectivity index is 2.73. The van der Waals surface area contributed by atoms with Crippen molar-refractivity contribution in [1.82, 2.24) is 4.98 Å². The van der Waals surface area contributed by atoms with Crippen molar-refractivity contribution in [3.8, 4) is 0 Å². The Hall–Kier alpha value is -0.850. The first kappa shape index (κ1) is 15.2. The van der Waals surface area contributed by atoms with Crippen LogP contribution in [-0.2, 0) is 9.47 Å². The normalized spacial score (nSPS) is 10.6. The molecule has 1 aromatic heterocycles. The number of nitrogens with two attached hydrogens (primary N) is 1. The minimum absolute atomic E-state index is 0.643. The average Bonchev–Trinajstić information content (AvgIpc) is 2.34. The highest BCUT2D eigenvalue weighted by Gasteiger charge is 2.11. The van der Waals surface area contributed by atoms with Crippen molar-refractivity contribution >= 4 is 27.4 Å². The van der Waals surface area contributed by atoms with Crippen molar-refractivity contribution in [1.29, 1.82) is 0 Å². The molecule has 2 N–H and O–H groups in total. The van der Waals surface area contributed by atoms with Crippen LogP contribution < -0.4 is 10.6 Å². The third kappa shape index (κ3) is 4.80. The van der Waals surface area contributed by atoms with Crippen LogP contribution in [0.15, 0.2) is 16.7 Å². The van der Waals surface area contributed by atoms with Crippen molar-refractivity contribution in [2.45, 2.75) is 6.42 Å². The summed E-state index contributed by atoms with van der Waals surface area (Å²) in [6.45, 7) is 2.97. The van der Waals surface area contributed by atoms with Crippen LogP contribution in [0.4, 0.5) is 11.5 Å². The molecule has 0 saturated carbocycles. The topological polar surface area (TPSA) is 60.6 Å². The van der Waals surface area contributed by atoms with Gasteiger partial charge in [-0.05, 0) is 28.4 Å². The summed E-state index contributed by atoms with van der Waals surface area (Å²) in [6.07, 6.45) is 2.68. The zero-order valence-electron chi connectivity index (χ0n) is 10.9. The van der Waals surface area contributed by atoms with E-state index in [4.69, 9.17) is 15.2 Å². The van der Waals surface area contributed by atoms with Gasteiger partial charge < -0.3 is 20.1 Å². The first-order chi connectivity index (χ1) is 8.69. The fourth-order valence-corrected chi connectivity index (χ4v) is 1.99. The molecule has 0 radical (unpaired) electrons. The largest absolute Gasteiger partial charge is 0.396 e. The molecule has 18 heavy (non-hydrogen) atoms. The zero-order valence-corrected chi connectivity index (χ0v) is 12.4. The van der Waals surface area contributed by atoms with Crippen LogP contribution in [0.1, 0.15) is 6.42 Å². The van der Waals surface area contributed by atoms with Crippen LogP contribution >= 0.6 is 15.9 Å². The Kier molecular flexibility index (Phi) is 7.00. The van der Waals surface area contributed by atoms with Crippen molar-refractivity contribution in [3.05, 3.63) is 16.7 Å². The van der Waals surface area contributed by atoms with Crippen LogP contribution in [0.25, 0.3) is 0 Å². The van der Waals surface area contributed by atoms with Gasteiger partial charge in [-0.25, -0.2) is 4.98 Å². The Morgan fingerprint density at radius 3 is 2.61 bits per heavy atom. The standard InChI is InChI=1S/C12H20BrN3O2/c1-17-6-3-4-16(5-7-18-2)12-11(14)8-10(13)9-15-12/h8-9H,3-7,14H2,1-2H3. The van der Waals surface area contributed by atoms with Gasteiger partial charge in [-0.1, -0.05) is 0 Å². The van der Waals surface area contributed by atoms with E-state index in [1.54, 1.807) is 20.4 Å². The summed E-state index contributed by atoms with van der Waals surface area (Å²) in [5, 5.41) is 0. The maximum absolute atomic E-state index is 5.99. The molecule has 0 aliphatic heterocycles. The van der Waals surface area contributed by atoms with Gasteiger partial charge in [0.2, 0.25) is 0 Å². The number of nitrogen functional groups attached to an aromatic ring is 1. The molecular weight excluding hydrogens is 298 g/mol. The predicted molar refractivity (Wildman–Crippen MR) is 76.9 cm³/mol. The molecule has 1 heterocycles. The van der Waals surface area contributed by atoms with Crippen LogP contribution in [0.5, 0.6) is 0 Å². The maximum atomic E-state index is 5.99.